The highest BCUT2D eigenvalue weighted by Gasteiger charge is 2.53. The summed E-state index contributed by atoms with van der Waals surface area (Å²) in [6.07, 6.45) is 0. The van der Waals surface area contributed by atoms with E-state index in [2.05, 4.69) is 209 Å². The zero-order valence-electron chi connectivity index (χ0n) is 32.2. The van der Waals surface area contributed by atoms with Gasteiger partial charge >= 0.3 is 0 Å². The maximum atomic E-state index is 2.64. The molecular formula is C55H41N. The fourth-order valence-electron chi connectivity index (χ4n) is 11.6. The molecule has 56 heavy (non-hydrogen) atoms. The lowest BCUT2D eigenvalue weighted by molar-refractivity contribution is 0.660. The molecular weight excluding hydrogens is 675 g/mol. The van der Waals surface area contributed by atoms with Crippen molar-refractivity contribution in [3.63, 3.8) is 0 Å². The summed E-state index contributed by atoms with van der Waals surface area (Å²) in [6.45, 7) is 9.58. The number of benzene rings is 8. The normalized spacial score (nSPS) is 15.9. The molecule has 0 unspecified atom stereocenters. The number of hydrogen-bond donors (Lipinski definition) is 0. The molecule has 0 N–H and O–H groups in total. The van der Waals surface area contributed by atoms with Crippen LogP contribution in [0.4, 0.5) is 17.1 Å². The molecule has 0 fully saturated rings. The lowest BCUT2D eigenvalue weighted by atomic mass is 9.70. The van der Waals surface area contributed by atoms with Gasteiger partial charge < -0.3 is 4.90 Å². The molecule has 1 nitrogen and oxygen atoms in total. The molecule has 0 aromatic heterocycles. The third-order valence-electron chi connectivity index (χ3n) is 13.9. The Morgan fingerprint density at radius 1 is 0.304 bits per heavy atom. The first-order valence-electron chi connectivity index (χ1n) is 20.0. The molecule has 0 radical (unpaired) electrons. The molecule has 4 aliphatic rings. The van der Waals surface area contributed by atoms with Crippen LogP contribution >= 0.6 is 0 Å². The highest BCUT2D eigenvalue weighted by molar-refractivity contribution is 6.01. The second-order valence-electron chi connectivity index (χ2n) is 17.2. The van der Waals surface area contributed by atoms with Crippen LogP contribution in [0.25, 0.3) is 44.5 Å². The van der Waals surface area contributed by atoms with Crippen molar-refractivity contribution >= 4 is 17.1 Å². The Morgan fingerprint density at radius 3 is 1.23 bits per heavy atom. The average molecular weight is 716 g/mol. The molecule has 0 heterocycles. The Morgan fingerprint density at radius 2 is 0.679 bits per heavy atom. The highest BCUT2D eigenvalue weighted by Crippen LogP contribution is 2.66. The van der Waals surface area contributed by atoms with E-state index < -0.39 is 5.41 Å². The zero-order valence-corrected chi connectivity index (χ0v) is 32.2. The molecule has 8 aromatic carbocycles. The number of nitrogens with zero attached hydrogens (tertiary/aromatic N) is 1. The van der Waals surface area contributed by atoms with Crippen LogP contribution in [-0.2, 0) is 16.2 Å². The quantitative estimate of drug-likeness (QED) is 0.176. The van der Waals surface area contributed by atoms with Crippen LogP contribution in [0.3, 0.4) is 0 Å². The van der Waals surface area contributed by atoms with Gasteiger partial charge in [-0.2, -0.15) is 0 Å². The van der Waals surface area contributed by atoms with Gasteiger partial charge in [-0.15, -0.1) is 0 Å². The number of anilines is 3. The molecule has 12 rings (SSSR count). The predicted octanol–water partition coefficient (Wildman–Crippen LogP) is 14.1. The van der Waals surface area contributed by atoms with Crippen LogP contribution in [-0.4, -0.2) is 0 Å². The summed E-state index contributed by atoms with van der Waals surface area (Å²) in [5.74, 6) is 0. The third-order valence-corrected chi connectivity index (χ3v) is 13.9. The first kappa shape index (κ1) is 31.9. The molecule has 266 valence electrons. The smallest absolute Gasteiger partial charge is 0.0746 e. The van der Waals surface area contributed by atoms with E-state index in [9.17, 15) is 0 Å². The Balaban J connectivity index is 1.22. The maximum Gasteiger partial charge on any atom is 0.0746 e. The van der Waals surface area contributed by atoms with Crippen LogP contribution in [0.15, 0.2) is 176 Å². The maximum absolute atomic E-state index is 2.64. The number of hydrogen-bond acceptors (Lipinski definition) is 1. The van der Waals surface area contributed by atoms with Gasteiger partial charge in [-0.3, -0.25) is 0 Å². The van der Waals surface area contributed by atoms with Gasteiger partial charge in [0.2, 0.25) is 0 Å². The molecule has 0 saturated heterocycles. The minimum Gasteiger partial charge on any atom is -0.310 e. The van der Waals surface area contributed by atoms with Gasteiger partial charge in [0.05, 0.1) is 16.8 Å². The van der Waals surface area contributed by atoms with Gasteiger partial charge in [0.15, 0.2) is 0 Å². The summed E-state index contributed by atoms with van der Waals surface area (Å²) in [5, 5.41) is 0. The van der Waals surface area contributed by atoms with Crippen LogP contribution in [0.5, 0.6) is 0 Å². The summed E-state index contributed by atoms with van der Waals surface area (Å²) in [6, 6.07) is 66.8. The van der Waals surface area contributed by atoms with Crippen LogP contribution in [0.2, 0.25) is 0 Å². The summed E-state index contributed by atoms with van der Waals surface area (Å²) in [5.41, 5.74) is 24.4. The van der Waals surface area contributed by atoms with E-state index in [0.29, 0.717) is 0 Å². The largest absolute Gasteiger partial charge is 0.310 e. The minimum atomic E-state index is -0.490. The van der Waals surface area contributed by atoms with Crippen molar-refractivity contribution in [3.8, 4) is 44.5 Å². The van der Waals surface area contributed by atoms with Gasteiger partial charge in [0, 0.05) is 22.1 Å². The third kappa shape index (κ3) is 3.76. The van der Waals surface area contributed by atoms with Crippen LogP contribution < -0.4 is 4.90 Å². The van der Waals surface area contributed by atoms with E-state index in [0.717, 1.165) is 0 Å². The Kier molecular flexibility index (Phi) is 6.18. The van der Waals surface area contributed by atoms with Crippen molar-refractivity contribution in [3.05, 3.63) is 220 Å². The first-order chi connectivity index (χ1) is 27.3. The zero-order chi connectivity index (χ0) is 37.6. The Labute approximate surface area is 329 Å². The first-order valence-corrected chi connectivity index (χ1v) is 20.0. The second-order valence-corrected chi connectivity index (χ2v) is 17.2. The van der Waals surface area contributed by atoms with E-state index in [1.54, 1.807) is 0 Å². The minimum absolute atomic E-state index is 0.0795. The van der Waals surface area contributed by atoms with E-state index >= 15 is 0 Å². The van der Waals surface area contributed by atoms with Crippen molar-refractivity contribution in [2.24, 2.45) is 0 Å². The van der Waals surface area contributed by atoms with Crippen molar-refractivity contribution < 1.29 is 0 Å². The predicted molar refractivity (Wildman–Crippen MR) is 233 cm³/mol. The SMILES string of the molecule is CC1(C)c2ccccc2-c2cc(N(c3cccc4c3C(C)(C)c3ccccc3-4)c3cccc4c3C3(c5ccccc5-c5ccccc53)c3ccccc3-4)ccc21. The summed E-state index contributed by atoms with van der Waals surface area (Å²) in [4.78, 5) is 2.64. The second kappa shape index (κ2) is 10.9. The lowest BCUT2D eigenvalue weighted by Gasteiger charge is -2.37. The van der Waals surface area contributed by atoms with Crippen molar-refractivity contribution in [1.29, 1.82) is 0 Å². The van der Waals surface area contributed by atoms with Gasteiger partial charge in [-0.05, 0) is 108 Å². The van der Waals surface area contributed by atoms with Gasteiger partial charge in [0.1, 0.15) is 0 Å². The monoisotopic (exact) mass is 715 g/mol. The fourth-order valence-corrected chi connectivity index (χ4v) is 11.6. The van der Waals surface area contributed by atoms with E-state index in [-0.39, 0.29) is 10.8 Å². The Bertz CT molecular complexity index is 2930. The summed E-state index contributed by atoms with van der Waals surface area (Å²) < 4.78 is 0. The fraction of sp³-hybridized carbons (Fsp3) is 0.127. The van der Waals surface area contributed by atoms with Gasteiger partial charge in [-0.1, -0.05) is 179 Å². The van der Waals surface area contributed by atoms with Crippen molar-refractivity contribution in [2.45, 2.75) is 43.9 Å². The number of rotatable bonds is 3. The highest BCUT2D eigenvalue weighted by atomic mass is 15.2. The molecule has 1 heteroatoms. The Hall–Kier alpha value is -6.44. The standard InChI is InChI=1S/C55H41N/c1-53(2)43-24-10-6-21-39(43)42-33-34(31-32-45(42)53)56(49-29-15-22-40-37-19-5-11-25-44(37)54(3,4)51(40)49)50-30-16-23-41-38-20-9-14-28-48(38)55(52(41)50)46-26-12-7-17-35(46)36-18-8-13-27-47(36)55/h5-33H,1-4H3. The molecule has 0 atom stereocenters. The van der Waals surface area contributed by atoms with E-state index in [4.69, 9.17) is 0 Å². The molecule has 1 spiro atoms. The molecule has 0 aliphatic heterocycles. The number of fused-ring (bicyclic) bond motifs is 16. The van der Waals surface area contributed by atoms with Crippen molar-refractivity contribution in [1.82, 2.24) is 0 Å². The molecule has 0 amide bonds. The van der Waals surface area contributed by atoms with Crippen LogP contribution in [0, 0.1) is 0 Å². The molecule has 8 aromatic rings. The van der Waals surface area contributed by atoms with E-state index in [1.165, 1.54) is 106 Å². The summed E-state index contributed by atoms with van der Waals surface area (Å²) in [7, 11) is 0. The van der Waals surface area contributed by atoms with Crippen molar-refractivity contribution in [2.75, 3.05) is 4.90 Å². The van der Waals surface area contributed by atoms with E-state index in [1.807, 2.05) is 0 Å². The summed E-state index contributed by atoms with van der Waals surface area (Å²) >= 11 is 0. The average Bonchev–Trinajstić information content (AvgIpc) is 3.87. The van der Waals surface area contributed by atoms with Gasteiger partial charge in [0.25, 0.3) is 0 Å². The topological polar surface area (TPSA) is 3.24 Å². The lowest BCUT2D eigenvalue weighted by Crippen LogP contribution is -2.29. The van der Waals surface area contributed by atoms with Crippen LogP contribution in [0.1, 0.15) is 72.2 Å². The van der Waals surface area contributed by atoms with Gasteiger partial charge in [-0.25, -0.2) is 0 Å². The molecule has 0 saturated carbocycles. The molecule has 4 aliphatic carbocycles. The molecule has 0 bridgehead atoms.